The summed E-state index contributed by atoms with van der Waals surface area (Å²) in [6, 6.07) is 9.09. The average Bonchev–Trinajstić information content (AvgIpc) is 3.41. The highest BCUT2D eigenvalue weighted by atomic mass is 16.6. The molecule has 0 unspecified atom stereocenters. The highest BCUT2D eigenvalue weighted by molar-refractivity contribution is 5.97. The predicted octanol–water partition coefficient (Wildman–Crippen LogP) is 1.48. The SMILES string of the molecule is O=C(CN1CCOC1=O)N[C@@H]1CCC[C@@H](NC(=O)c2ccccc2-n2cccn2)C1. The average molecular weight is 411 g/mol. The van der Waals surface area contributed by atoms with E-state index in [0.717, 1.165) is 24.9 Å². The molecule has 2 aliphatic rings. The van der Waals surface area contributed by atoms with Crippen LogP contribution in [0.3, 0.4) is 0 Å². The van der Waals surface area contributed by atoms with Gasteiger partial charge in [0.15, 0.2) is 0 Å². The van der Waals surface area contributed by atoms with E-state index in [0.29, 0.717) is 25.1 Å². The number of aromatic nitrogens is 2. The summed E-state index contributed by atoms with van der Waals surface area (Å²) in [4.78, 5) is 38.1. The summed E-state index contributed by atoms with van der Waals surface area (Å²) in [5.74, 6) is -0.354. The van der Waals surface area contributed by atoms with Crippen molar-refractivity contribution < 1.29 is 19.1 Å². The fourth-order valence-corrected chi connectivity index (χ4v) is 4.01. The lowest BCUT2D eigenvalue weighted by molar-refractivity contribution is -0.122. The number of hydrogen-bond acceptors (Lipinski definition) is 5. The third kappa shape index (κ3) is 4.61. The number of hydrogen-bond donors (Lipinski definition) is 2. The molecule has 1 aromatic carbocycles. The zero-order valence-corrected chi connectivity index (χ0v) is 16.6. The fraction of sp³-hybridized carbons (Fsp3) is 0.429. The minimum absolute atomic E-state index is 0.00358. The number of rotatable bonds is 6. The van der Waals surface area contributed by atoms with E-state index in [9.17, 15) is 14.4 Å². The Balaban J connectivity index is 1.34. The van der Waals surface area contributed by atoms with Crippen molar-refractivity contribution in [2.45, 2.75) is 37.8 Å². The molecule has 0 spiro atoms. The van der Waals surface area contributed by atoms with Gasteiger partial charge in [-0.25, -0.2) is 9.48 Å². The smallest absolute Gasteiger partial charge is 0.410 e. The van der Waals surface area contributed by atoms with Gasteiger partial charge in [0.2, 0.25) is 5.91 Å². The first-order valence-corrected chi connectivity index (χ1v) is 10.2. The van der Waals surface area contributed by atoms with Gasteiger partial charge >= 0.3 is 6.09 Å². The number of ether oxygens (including phenoxy) is 1. The molecule has 1 saturated heterocycles. The van der Waals surface area contributed by atoms with Crippen LogP contribution in [0.2, 0.25) is 0 Å². The number of benzene rings is 1. The third-order valence-electron chi connectivity index (χ3n) is 5.45. The van der Waals surface area contributed by atoms with Gasteiger partial charge in [0.1, 0.15) is 13.2 Å². The molecule has 1 aliphatic carbocycles. The molecule has 0 radical (unpaired) electrons. The summed E-state index contributed by atoms with van der Waals surface area (Å²) in [5, 5.41) is 10.3. The van der Waals surface area contributed by atoms with Gasteiger partial charge in [0.05, 0.1) is 17.8 Å². The zero-order chi connectivity index (χ0) is 20.9. The molecule has 158 valence electrons. The van der Waals surface area contributed by atoms with Gasteiger partial charge < -0.3 is 15.4 Å². The summed E-state index contributed by atoms with van der Waals surface area (Å²) < 4.78 is 6.52. The van der Waals surface area contributed by atoms with Crippen molar-refractivity contribution in [3.8, 4) is 5.69 Å². The van der Waals surface area contributed by atoms with Gasteiger partial charge in [-0.15, -0.1) is 0 Å². The normalized spacial score (nSPS) is 21.2. The number of nitrogens with one attached hydrogen (secondary N) is 2. The molecule has 2 heterocycles. The molecule has 2 atom stereocenters. The first kappa shape index (κ1) is 19.9. The Hall–Kier alpha value is -3.36. The molecule has 1 aliphatic heterocycles. The lowest BCUT2D eigenvalue weighted by atomic mass is 9.90. The summed E-state index contributed by atoms with van der Waals surface area (Å²) >= 11 is 0. The summed E-state index contributed by atoms with van der Waals surface area (Å²) in [7, 11) is 0. The lowest BCUT2D eigenvalue weighted by Gasteiger charge is -2.31. The standard InChI is InChI=1S/C21H25N5O4/c27-19(14-25-11-12-30-21(25)29)23-15-5-3-6-16(13-15)24-20(28)17-7-1-2-8-18(17)26-10-4-9-22-26/h1-2,4,7-10,15-16H,3,5-6,11-14H2,(H,23,27)(H,24,28)/t15-,16-/m1/s1. The quantitative estimate of drug-likeness (QED) is 0.749. The minimum Gasteiger partial charge on any atom is -0.448 e. The van der Waals surface area contributed by atoms with Crippen molar-refractivity contribution in [1.29, 1.82) is 0 Å². The van der Waals surface area contributed by atoms with E-state index in [-0.39, 0.29) is 30.4 Å². The zero-order valence-electron chi connectivity index (χ0n) is 16.6. The second kappa shape index (κ2) is 8.98. The summed E-state index contributed by atoms with van der Waals surface area (Å²) in [6.07, 6.45) is 6.30. The molecule has 2 aromatic rings. The number of carbonyl (C=O) groups excluding carboxylic acids is 3. The number of cyclic esters (lactones) is 1. The molecule has 1 saturated carbocycles. The van der Waals surface area contributed by atoms with Crippen LogP contribution in [0.5, 0.6) is 0 Å². The van der Waals surface area contributed by atoms with Crippen LogP contribution in [-0.4, -0.2) is 64.4 Å². The number of amides is 3. The number of carbonyl (C=O) groups is 3. The van der Waals surface area contributed by atoms with Crippen LogP contribution in [0.4, 0.5) is 4.79 Å². The van der Waals surface area contributed by atoms with Crippen LogP contribution in [0.25, 0.3) is 5.69 Å². The fourth-order valence-electron chi connectivity index (χ4n) is 4.01. The second-order valence-electron chi connectivity index (χ2n) is 7.61. The van der Waals surface area contributed by atoms with Crippen LogP contribution in [0.15, 0.2) is 42.7 Å². The van der Waals surface area contributed by atoms with Gasteiger partial charge in [-0.3, -0.25) is 14.5 Å². The summed E-state index contributed by atoms with van der Waals surface area (Å²) in [5.41, 5.74) is 1.28. The monoisotopic (exact) mass is 411 g/mol. The van der Waals surface area contributed by atoms with Gasteiger partial charge in [-0.1, -0.05) is 12.1 Å². The summed E-state index contributed by atoms with van der Waals surface area (Å²) in [6.45, 7) is 0.762. The highest BCUT2D eigenvalue weighted by Gasteiger charge is 2.28. The van der Waals surface area contributed by atoms with Crippen LogP contribution >= 0.6 is 0 Å². The van der Waals surface area contributed by atoms with Crippen LogP contribution < -0.4 is 10.6 Å². The van der Waals surface area contributed by atoms with E-state index in [2.05, 4.69) is 15.7 Å². The van der Waals surface area contributed by atoms with E-state index in [1.165, 1.54) is 4.90 Å². The van der Waals surface area contributed by atoms with Gasteiger partial charge in [0, 0.05) is 24.5 Å². The lowest BCUT2D eigenvalue weighted by Crippen LogP contribution is -2.48. The first-order chi connectivity index (χ1) is 14.6. The van der Waals surface area contributed by atoms with Gasteiger partial charge in [-0.05, 0) is 43.9 Å². The van der Waals surface area contributed by atoms with E-state index < -0.39 is 6.09 Å². The molecular weight excluding hydrogens is 386 g/mol. The van der Waals surface area contributed by atoms with Gasteiger partial charge in [0.25, 0.3) is 5.91 Å². The molecule has 4 rings (SSSR count). The second-order valence-corrected chi connectivity index (χ2v) is 7.61. The molecule has 3 amide bonds. The maximum Gasteiger partial charge on any atom is 0.410 e. The molecule has 9 heteroatoms. The Morgan fingerprint density at radius 1 is 1.13 bits per heavy atom. The Morgan fingerprint density at radius 2 is 1.93 bits per heavy atom. The van der Waals surface area contributed by atoms with Crippen LogP contribution in [0.1, 0.15) is 36.0 Å². The van der Waals surface area contributed by atoms with Gasteiger partial charge in [-0.2, -0.15) is 5.10 Å². The Bertz CT molecular complexity index is 914. The van der Waals surface area contributed by atoms with Crippen LogP contribution in [0, 0.1) is 0 Å². The highest BCUT2D eigenvalue weighted by Crippen LogP contribution is 2.20. The number of nitrogens with zero attached hydrogens (tertiary/aromatic N) is 3. The molecule has 9 nitrogen and oxygen atoms in total. The van der Waals surface area contributed by atoms with Crippen LogP contribution in [-0.2, 0) is 9.53 Å². The van der Waals surface area contributed by atoms with Crippen molar-refractivity contribution in [3.63, 3.8) is 0 Å². The van der Waals surface area contributed by atoms with E-state index in [4.69, 9.17) is 4.74 Å². The first-order valence-electron chi connectivity index (χ1n) is 10.2. The molecule has 0 bridgehead atoms. The number of para-hydroxylation sites is 1. The topological polar surface area (TPSA) is 106 Å². The van der Waals surface area contributed by atoms with Crippen molar-refractivity contribution >= 4 is 17.9 Å². The molecule has 1 aromatic heterocycles. The minimum atomic E-state index is -0.449. The van der Waals surface area contributed by atoms with E-state index in [1.54, 1.807) is 23.1 Å². The predicted molar refractivity (Wildman–Crippen MR) is 108 cm³/mol. The molecule has 30 heavy (non-hydrogen) atoms. The van der Waals surface area contributed by atoms with E-state index >= 15 is 0 Å². The maximum atomic E-state index is 12.9. The maximum absolute atomic E-state index is 12.9. The van der Waals surface area contributed by atoms with Crippen molar-refractivity contribution in [1.82, 2.24) is 25.3 Å². The Kier molecular flexibility index (Phi) is 5.97. The Morgan fingerprint density at radius 3 is 2.67 bits per heavy atom. The van der Waals surface area contributed by atoms with E-state index in [1.807, 2.05) is 24.3 Å². The van der Waals surface area contributed by atoms with Crippen molar-refractivity contribution in [3.05, 3.63) is 48.3 Å². The third-order valence-corrected chi connectivity index (χ3v) is 5.45. The Labute approximate surface area is 174 Å². The molecule has 2 N–H and O–H groups in total. The molecular formula is C21H25N5O4. The van der Waals surface area contributed by atoms with Crippen molar-refractivity contribution in [2.75, 3.05) is 19.7 Å². The largest absolute Gasteiger partial charge is 0.448 e. The van der Waals surface area contributed by atoms with Crippen molar-refractivity contribution in [2.24, 2.45) is 0 Å². The molecule has 2 fully saturated rings.